The average molecular weight is 629 g/mol. The predicted octanol–water partition coefficient (Wildman–Crippen LogP) is 6.14. The van der Waals surface area contributed by atoms with Crippen molar-refractivity contribution in [3.05, 3.63) is 138 Å². The summed E-state index contributed by atoms with van der Waals surface area (Å²) in [7, 11) is 0. The lowest BCUT2D eigenvalue weighted by Crippen LogP contribution is -2.49. The Labute approximate surface area is 278 Å². The number of amides is 3. The van der Waals surface area contributed by atoms with Gasteiger partial charge in [0.05, 0.1) is 11.1 Å². The first-order valence-electron chi connectivity index (χ1n) is 16.9. The minimum absolute atomic E-state index is 0.0668. The van der Waals surface area contributed by atoms with E-state index in [1.54, 1.807) is 24.3 Å². The van der Waals surface area contributed by atoms with E-state index >= 15 is 0 Å². The smallest absolute Gasteiger partial charge is 0.261 e. The lowest BCUT2D eigenvalue weighted by atomic mass is 9.64. The van der Waals surface area contributed by atoms with Crippen LogP contribution in [0.25, 0.3) is 0 Å². The molecule has 0 saturated carbocycles. The van der Waals surface area contributed by atoms with E-state index in [1.807, 2.05) is 66.7 Å². The fourth-order valence-corrected chi connectivity index (χ4v) is 7.55. The fraction of sp³-hybridized carbons (Fsp3) is 0.325. The molecule has 47 heavy (non-hydrogen) atoms. The molecule has 6 rings (SSSR count). The molecule has 7 heteroatoms. The number of carbonyl (C=O) groups excluding carboxylic acids is 3. The molecule has 1 unspecified atom stereocenters. The van der Waals surface area contributed by atoms with Crippen LogP contribution in [0, 0.1) is 5.92 Å². The predicted molar refractivity (Wildman–Crippen MR) is 186 cm³/mol. The van der Waals surface area contributed by atoms with Gasteiger partial charge in [-0.2, -0.15) is 0 Å². The topological polar surface area (TPSA) is 87.0 Å². The third kappa shape index (κ3) is 6.72. The second-order valence-electron chi connectivity index (χ2n) is 12.7. The summed E-state index contributed by atoms with van der Waals surface area (Å²) < 4.78 is 0. The molecular formula is C40H44N4O3. The Hall–Kier alpha value is -4.75. The van der Waals surface area contributed by atoms with Crippen molar-refractivity contribution >= 4 is 23.4 Å². The molecule has 1 atom stereocenters. The average Bonchev–Trinajstić information content (AvgIpc) is 3.68. The molecule has 0 spiro atoms. The Kier molecular flexibility index (Phi) is 10.1. The summed E-state index contributed by atoms with van der Waals surface area (Å²) in [6.45, 7) is 4.87. The van der Waals surface area contributed by atoms with Gasteiger partial charge >= 0.3 is 0 Å². The van der Waals surface area contributed by atoms with Gasteiger partial charge in [0.1, 0.15) is 5.41 Å². The number of primary amides is 1. The number of likely N-dealkylation sites (tertiary alicyclic amines) is 1. The number of imide groups is 1. The Morgan fingerprint density at radius 3 is 1.79 bits per heavy atom. The summed E-state index contributed by atoms with van der Waals surface area (Å²) in [5, 5.41) is 0. The molecule has 1 fully saturated rings. The van der Waals surface area contributed by atoms with Crippen molar-refractivity contribution in [3.8, 4) is 0 Å². The largest absolute Gasteiger partial charge is 0.370 e. The summed E-state index contributed by atoms with van der Waals surface area (Å²) in [6, 6.07) is 37.7. The Morgan fingerprint density at radius 1 is 0.681 bits per heavy atom. The highest BCUT2D eigenvalue weighted by molar-refractivity contribution is 6.21. The van der Waals surface area contributed by atoms with Gasteiger partial charge < -0.3 is 15.5 Å². The zero-order chi connectivity index (χ0) is 32.6. The number of hydrogen-bond acceptors (Lipinski definition) is 5. The fourth-order valence-electron chi connectivity index (χ4n) is 7.55. The van der Waals surface area contributed by atoms with Crippen LogP contribution < -0.4 is 10.6 Å². The molecule has 0 aromatic heterocycles. The van der Waals surface area contributed by atoms with Crippen LogP contribution in [0.3, 0.4) is 0 Å². The maximum absolute atomic E-state index is 13.5. The number of fused-ring (bicyclic) bond motifs is 1. The lowest BCUT2D eigenvalue weighted by Gasteiger charge is -2.37. The van der Waals surface area contributed by atoms with Gasteiger partial charge in [0.25, 0.3) is 11.8 Å². The van der Waals surface area contributed by atoms with E-state index in [9.17, 15) is 14.4 Å². The molecule has 4 aromatic carbocycles. The van der Waals surface area contributed by atoms with Crippen molar-refractivity contribution in [2.75, 3.05) is 44.2 Å². The molecule has 2 heterocycles. The number of hydrogen-bond donors (Lipinski definition) is 1. The van der Waals surface area contributed by atoms with Crippen molar-refractivity contribution in [3.63, 3.8) is 0 Å². The first-order valence-corrected chi connectivity index (χ1v) is 16.9. The van der Waals surface area contributed by atoms with Crippen molar-refractivity contribution in [2.45, 2.75) is 37.5 Å². The highest BCUT2D eigenvalue weighted by Crippen LogP contribution is 2.43. The maximum Gasteiger partial charge on any atom is 0.261 e. The Balaban J connectivity index is 1.05. The van der Waals surface area contributed by atoms with Gasteiger partial charge in [0, 0.05) is 38.4 Å². The van der Waals surface area contributed by atoms with Crippen LogP contribution in [0.5, 0.6) is 0 Å². The van der Waals surface area contributed by atoms with Crippen LogP contribution in [0.1, 0.15) is 63.9 Å². The summed E-state index contributed by atoms with van der Waals surface area (Å²) in [5.41, 5.74) is 9.58. The maximum atomic E-state index is 13.5. The molecule has 1 saturated heterocycles. The molecule has 2 N–H and O–H groups in total. The van der Waals surface area contributed by atoms with Gasteiger partial charge in [0.2, 0.25) is 5.91 Å². The van der Waals surface area contributed by atoms with Crippen LogP contribution in [-0.4, -0.2) is 66.8 Å². The van der Waals surface area contributed by atoms with Crippen LogP contribution >= 0.6 is 0 Å². The molecule has 242 valence electrons. The van der Waals surface area contributed by atoms with E-state index in [0.29, 0.717) is 17.7 Å². The molecule has 0 aliphatic carbocycles. The molecule has 7 nitrogen and oxygen atoms in total. The van der Waals surface area contributed by atoms with E-state index in [4.69, 9.17) is 5.73 Å². The molecule has 0 bridgehead atoms. The summed E-state index contributed by atoms with van der Waals surface area (Å²) in [5.74, 6) is -0.580. The minimum Gasteiger partial charge on any atom is -0.370 e. The van der Waals surface area contributed by atoms with Gasteiger partial charge in [-0.3, -0.25) is 19.3 Å². The van der Waals surface area contributed by atoms with E-state index in [-0.39, 0.29) is 23.6 Å². The minimum atomic E-state index is -0.885. The van der Waals surface area contributed by atoms with Crippen LogP contribution in [0.15, 0.2) is 115 Å². The van der Waals surface area contributed by atoms with Gasteiger partial charge in [-0.1, -0.05) is 104 Å². The number of para-hydroxylation sites is 1. The van der Waals surface area contributed by atoms with Crippen LogP contribution in [0.2, 0.25) is 0 Å². The van der Waals surface area contributed by atoms with Crippen molar-refractivity contribution in [1.29, 1.82) is 0 Å². The second kappa shape index (κ2) is 14.8. The van der Waals surface area contributed by atoms with E-state index in [2.05, 4.69) is 34.1 Å². The zero-order valence-electron chi connectivity index (χ0n) is 27.0. The van der Waals surface area contributed by atoms with Crippen molar-refractivity contribution in [2.24, 2.45) is 11.7 Å². The third-order valence-corrected chi connectivity index (χ3v) is 9.98. The molecule has 4 aromatic rings. The molecule has 2 aliphatic rings. The normalized spacial score (nSPS) is 16.4. The standard InChI is InChI=1S/C40H44N4O3/c41-39(47)40(31-16-6-3-7-17-31,32-18-8-4-9-19-32)33-24-27-42(30-33)28-29-43(34-20-10-5-11-21-34)25-14-1-2-15-26-44-37(45)35-22-12-13-23-36(35)38(44)46/h3-13,16-23,33H,1-2,14-15,24-30H2,(H2,41,47). The molecule has 3 amide bonds. The first kappa shape index (κ1) is 32.2. The van der Waals surface area contributed by atoms with E-state index in [1.165, 1.54) is 10.6 Å². The highest BCUT2D eigenvalue weighted by atomic mass is 16.2. The summed E-state index contributed by atoms with van der Waals surface area (Å²) in [6.07, 6.45) is 4.69. The molecular weight excluding hydrogens is 584 g/mol. The first-order chi connectivity index (χ1) is 23.0. The summed E-state index contributed by atoms with van der Waals surface area (Å²) in [4.78, 5) is 45.2. The second-order valence-corrected chi connectivity index (χ2v) is 12.7. The van der Waals surface area contributed by atoms with Gasteiger partial charge in [-0.25, -0.2) is 0 Å². The summed E-state index contributed by atoms with van der Waals surface area (Å²) >= 11 is 0. The van der Waals surface area contributed by atoms with Crippen molar-refractivity contribution < 1.29 is 14.4 Å². The Morgan fingerprint density at radius 2 is 1.21 bits per heavy atom. The van der Waals surface area contributed by atoms with E-state index < -0.39 is 5.41 Å². The zero-order valence-corrected chi connectivity index (χ0v) is 27.0. The van der Waals surface area contributed by atoms with Crippen molar-refractivity contribution in [1.82, 2.24) is 9.80 Å². The van der Waals surface area contributed by atoms with E-state index in [0.717, 1.165) is 76.0 Å². The number of anilines is 1. The highest BCUT2D eigenvalue weighted by Gasteiger charge is 2.49. The third-order valence-electron chi connectivity index (χ3n) is 9.98. The lowest BCUT2D eigenvalue weighted by molar-refractivity contribution is -0.123. The number of nitrogens with two attached hydrogens (primary N) is 1. The van der Waals surface area contributed by atoms with Gasteiger partial charge in [0.15, 0.2) is 0 Å². The number of unbranched alkanes of at least 4 members (excludes halogenated alkanes) is 3. The molecule has 0 radical (unpaired) electrons. The monoisotopic (exact) mass is 628 g/mol. The van der Waals surface area contributed by atoms with Crippen LogP contribution in [-0.2, 0) is 10.2 Å². The number of carbonyl (C=O) groups is 3. The molecule has 2 aliphatic heterocycles. The number of benzene rings is 4. The quantitative estimate of drug-likeness (QED) is 0.126. The number of rotatable bonds is 15. The van der Waals surface area contributed by atoms with Crippen LogP contribution in [0.4, 0.5) is 5.69 Å². The Bertz CT molecular complexity index is 1590. The SMILES string of the molecule is NC(=O)C(c1ccccc1)(c1ccccc1)C1CCN(CCN(CCCCCCN2C(=O)c3ccccc3C2=O)c2ccccc2)C1. The van der Waals surface area contributed by atoms with Gasteiger partial charge in [-0.15, -0.1) is 0 Å². The number of nitrogens with zero attached hydrogens (tertiary/aromatic N) is 3. The van der Waals surface area contributed by atoms with Gasteiger partial charge in [-0.05, 0) is 67.1 Å².